The minimum atomic E-state index is 0.192. The van der Waals surface area contributed by atoms with Gasteiger partial charge in [0, 0.05) is 37.0 Å². The topological polar surface area (TPSA) is 46.9 Å². The van der Waals surface area contributed by atoms with E-state index in [4.69, 9.17) is 0 Å². The summed E-state index contributed by atoms with van der Waals surface area (Å²) in [4.78, 5) is 15.9. The summed E-state index contributed by atoms with van der Waals surface area (Å²) in [5.74, 6) is 1.52. The van der Waals surface area contributed by atoms with Crippen molar-refractivity contribution < 1.29 is 4.79 Å². The Morgan fingerprint density at radius 1 is 1.35 bits per heavy atom. The fourth-order valence-electron chi connectivity index (χ4n) is 2.28. The van der Waals surface area contributed by atoms with Crippen LogP contribution in [0.15, 0.2) is 36.7 Å². The summed E-state index contributed by atoms with van der Waals surface area (Å²) in [5.41, 5.74) is 2.23. The molecule has 4 nitrogen and oxygen atoms in total. The van der Waals surface area contributed by atoms with Crippen LogP contribution < -0.4 is 5.32 Å². The molecule has 4 heteroatoms. The van der Waals surface area contributed by atoms with Gasteiger partial charge in [-0.2, -0.15) is 0 Å². The molecule has 20 heavy (non-hydrogen) atoms. The standard InChI is InChI=1S/C16H19N3O/c1-2-15-17-9-10-19(15)14-7-3-12(4-8-14)11-18-16(20)13-5-6-13/h3-4,7-10,13H,2,5-6,11H2,1H3,(H,18,20). The fraction of sp³-hybridized carbons (Fsp3) is 0.375. The van der Waals surface area contributed by atoms with Gasteiger partial charge in [-0.25, -0.2) is 4.98 Å². The largest absolute Gasteiger partial charge is 0.352 e. The first-order valence-corrected chi connectivity index (χ1v) is 7.17. The Balaban J connectivity index is 1.66. The number of nitrogens with one attached hydrogen (secondary N) is 1. The van der Waals surface area contributed by atoms with Gasteiger partial charge in [0.15, 0.2) is 0 Å². The van der Waals surface area contributed by atoms with E-state index in [0.717, 1.165) is 36.3 Å². The highest BCUT2D eigenvalue weighted by atomic mass is 16.2. The lowest BCUT2D eigenvalue weighted by Gasteiger charge is -2.08. The zero-order valence-electron chi connectivity index (χ0n) is 11.7. The molecular weight excluding hydrogens is 250 g/mol. The van der Waals surface area contributed by atoms with E-state index in [1.54, 1.807) is 0 Å². The molecule has 0 bridgehead atoms. The lowest BCUT2D eigenvalue weighted by Crippen LogP contribution is -2.24. The Bertz CT molecular complexity index is 596. The Morgan fingerprint density at radius 2 is 2.10 bits per heavy atom. The van der Waals surface area contributed by atoms with E-state index < -0.39 is 0 Å². The third-order valence-electron chi connectivity index (χ3n) is 3.66. The molecule has 0 saturated heterocycles. The van der Waals surface area contributed by atoms with Gasteiger partial charge in [-0.05, 0) is 30.5 Å². The van der Waals surface area contributed by atoms with Crippen LogP contribution >= 0.6 is 0 Å². The summed E-state index contributed by atoms with van der Waals surface area (Å²) < 4.78 is 2.09. The van der Waals surface area contributed by atoms with Crippen molar-refractivity contribution in [3.05, 3.63) is 48.0 Å². The minimum absolute atomic E-state index is 0.192. The molecule has 3 rings (SSSR count). The predicted octanol–water partition coefficient (Wildman–Crippen LogP) is 2.46. The van der Waals surface area contributed by atoms with Crippen LogP contribution in [-0.2, 0) is 17.8 Å². The van der Waals surface area contributed by atoms with Crippen molar-refractivity contribution in [3.63, 3.8) is 0 Å². The Labute approximate surface area is 118 Å². The molecule has 0 unspecified atom stereocenters. The molecule has 1 aliphatic rings. The van der Waals surface area contributed by atoms with E-state index in [1.807, 2.05) is 12.4 Å². The van der Waals surface area contributed by atoms with Crippen molar-refractivity contribution in [2.24, 2.45) is 5.92 Å². The quantitative estimate of drug-likeness (QED) is 0.906. The number of hydrogen-bond acceptors (Lipinski definition) is 2. The number of aromatic nitrogens is 2. The minimum Gasteiger partial charge on any atom is -0.352 e. The van der Waals surface area contributed by atoms with E-state index >= 15 is 0 Å². The lowest BCUT2D eigenvalue weighted by atomic mass is 10.2. The Morgan fingerprint density at radius 3 is 2.75 bits per heavy atom. The summed E-state index contributed by atoms with van der Waals surface area (Å²) in [7, 11) is 0. The molecule has 0 radical (unpaired) electrons. The van der Waals surface area contributed by atoms with Crippen LogP contribution in [0.3, 0.4) is 0 Å². The average Bonchev–Trinajstić information content (AvgIpc) is 3.23. The molecule has 1 fully saturated rings. The predicted molar refractivity (Wildman–Crippen MR) is 77.5 cm³/mol. The molecular formula is C16H19N3O. The molecule has 1 aromatic carbocycles. The normalized spacial score (nSPS) is 14.2. The maximum absolute atomic E-state index is 11.6. The van der Waals surface area contributed by atoms with E-state index in [1.165, 1.54) is 0 Å². The van der Waals surface area contributed by atoms with Crippen molar-refractivity contribution >= 4 is 5.91 Å². The lowest BCUT2D eigenvalue weighted by molar-refractivity contribution is -0.122. The van der Waals surface area contributed by atoms with Crippen molar-refractivity contribution in [1.82, 2.24) is 14.9 Å². The third kappa shape index (κ3) is 2.74. The van der Waals surface area contributed by atoms with Gasteiger partial charge in [0.1, 0.15) is 5.82 Å². The van der Waals surface area contributed by atoms with Gasteiger partial charge in [0.2, 0.25) is 5.91 Å². The number of imidazole rings is 1. The van der Waals surface area contributed by atoms with Crippen LogP contribution in [0.25, 0.3) is 5.69 Å². The number of amides is 1. The van der Waals surface area contributed by atoms with Crippen LogP contribution in [0.2, 0.25) is 0 Å². The van der Waals surface area contributed by atoms with Crippen LogP contribution in [0.5, 0.6) is 0 Å². The molecule has 1 amide bonds. The van der Waals surface area contributed by atoms with E-state index in [9.17, 15) is 4.79 Å². The summed E-state index contributed by atoms with van der Waals surface area (Å²) in [6, 6.07) is 8.25. The van der Waals surface area contributed by atoms with Gasteiger partial charge in [-0.3, -0.25) is 4.79 Å². The number of aryl methyl sites for hydroxylation is 1. The number of benzene rings is 1. The zero-order chi connectivity index (χ0) is 13.9. The zero-order valence-corrected chi connectivity index (χ0v) is 11.7. The second kappa shape index (κ2) is 5.49. The van der Waals surface area contributed by atoms with Gasteiger partial charge < -0.3 is 9.88 Å². The molecule has 1 saturated carbocycles. The second-order valence-corrected chi connectivity index (χ2v) is 5.23. The number of carbonyl (C=O) groups excluding carboxylic acids is 1. The van der Waals surface area contributed by atoms with Gasteiger partial charge in [0.25, 0.3) is 0 Å². The molecule has 0 aliphatic heterocycles. The third-order valence-corrected chi connectivity index (χ3v) is 3.66. The van der Waals surface area contributed by atoms with Gasteiger partial charge in [-0.1, -0.05) is 19.1 Å². The van der Waals surface area contributed by atoms with Gasteiger partial charge in [0.05, 0.1) is 0 Å². The SMILES string of the molecule is CCc1nccn1-c1ccc(CNC(=O)C2CC2)cc1. The average molecular weight is 269 g/mol. The van der Waals surface area contributed by atoms with Gasteiger partial charge >= 0.3 is 0 Å². The summed E-state index contributed by atoms with van der Waals surface area (Å²) >= 11 is 0. The fourth-order valence-corrected chi connectivity index (χ4v) is 2.28. The smallest absolute Gasteiger partial charge is 0.223 e. The van der Waals surface area contributed by atoms with E-state index in [0.29, 0.717) is 6.54 Å². The van der Waals surface area contributed by atoms with Crippen LogP contribution in [0.1, 0.15) is 31.2 Å². The second-order valence-electron chi connectivity index (χ2n) is 5.23. The molecule has 0 atom stereocenters. The molecule has 104 valence electrons. The van der Waals surface area contributed by atoms with E-state index in [-0.39, 0.29) is 11.8 Å². The maximum atomic E-state index is 11.6. The first-order valence-electron chi connectivity index (χ1n) is 7.17. The summed E-state index contributed by atoms with van der Waals surface area (Å²) in [6.07, 6.45) is 6.80. The highest BCUT2D eigenvalue weighted by Gasteiger charge is 2.29. The highest BCUT2D eigenvalue weighted by Crippen LogP contribution is 2.28. The van der Waals surface area contributed by atoms with E-state index in [2.05, 4.69) is 46.1 Å². The van der Waals surface area contributed by atoms with Crippen LogP contribution in [0.4, 0.5) is 0 Å². The maximum Gasteiger partial charge on any atom is 0.223 e. The Kier molecular flexibility index (Phi) is 3.54. The summed E-state index contributed by atoms with van der Waals surface area (Å²) in [6.45, 7) is 2.71. The molecule has 2 aromatic rings. The van der Waals surface area contributed by atoms with Crippen molar-refractivity contribution in [3.8, 4) is 5.69 Å². The van der Waals surface area contributed by atoms with Gasteiger partial charge in [-0.15, -0.1) is 0 Å². The molecule has 1 aromatic heterocycles. The monoisotopic (exact) mass is 269 g/mol. The van der Waals surface area contributed by atoms with Crippen LogP contribution in [-0.4, -0.2) is 15.5 Å². The number of hydrogen-bond donors (Lipinski definition) is 1. The first kappa shape index (κ1) is 12.9. The van der Waals surface area contributed by atoms with Crippen LogP contribution in [0, 0.1) is 5.92 Å². The molecule has 0 spiro atoms. The molecule has 1 aliphatic carbocycles. The number of nitrogens with zero attached hydrogens (tertiary/aromatic N) is 2. The highest BCUT2D eigenvalue weighted by molar-refractivity contribution is 5.80. The first-order chi connectivity index (χ1) is 9.78. The van der Waals surface area contributed by atoms with Crippen molar-refractivity contribution in [1.29, 1.82) is 0 Å². The van der Waals surface area contributed by atoms with Crippen molar-refractivity contribution in [2.45, 2.75) is 32.7 Å². The van der Waals surface area contributed by atoms with Crippen molar-refractivity contribution in [2.75, 3.05) is 0 Å². The number of rotatable bonds is 5. The number of carbonyl (C=O) groups is 1. The Hall–Kier alpha value is -2.10. The summed E-state index contributed by atoms with van der Waals surface area (Å²) in [5, 5.41) is 2.98. The molecule has 1 heterocycles. The molecule has 1 N–H and O–H groups in total.